The molecule has 0 saturated carbocycles. The zero-order chi connectivity index (χ0) is 14.1. The first-order valence-corrected chi connectivity index (χ1v) is 7.01. The van der Waals surface area contributed by atoms with E-state index >= 15 is 0 Å². The number of unbranched alkanes of at least 4 members (excludes halogenated alkanes) is 1. The molecule has 1 aromatic rings. The molecule has 0 saturated heterocycles. The van der Waals surface area contributed by atoms with Crippen LogP contribution in [0.15, 0.2) is 24.3 Å². The summed E-state index contributed by atoms with van der Waals surface area (Å²) in [5, 5.41) is 9.03. The van der Waals surface area contributed by atoms with E-state index in [1.165, 1.54) is 12.1 Å². The van der Waals surface area contributed by atoms with Crippen molar-refractivity contribution in [1.29, 1.82) is 0 Å². The van der Waals surface area contributed by atoms with Crippen LogP contribution in [0.5, 0.6) is 0 Å². The average Bonchev–Trinajstić information content (AvgIpc) is 2.42. The molecule has 0 aliphatic carbocycles. The number of aliphatic hydroxyl groups excluding tert-OH is 1. The minimum atomic E-state index is -0.235. The van der Waals surface area contributed by atoms with Crippen molar-refractivity contribution in [2.75, 3.05) is 26.2 Å². The van der Waals surface area contributed by atoms with Gasteiger partial charge in [-0.3, -0.25) is 0 Å². The van der Waals surface area contributed by atoms with Crippen molar-refractivity contribution in [3.63, 3.8) is 0 Å². The summed E-state index contributed by atoms with van der Waals surface area (Å²) in [6.45, 7) is 4.87. The molecule has 1 rings (SSSR count). The number of halogens is 1. The summed E-state index contributed by atoms with van der Waals surface area (Å²) in [6.07, 6.45) is 3.09. The fourth-order valence-corrected chi connectivity index (χ4v) is 2.06. The Labute approximate surface area is 115 Å². The van der Waals surface area contributed by atoms with E-state index in [9.17, 15) is 4.39 Å². The van der Waals surface area contributed by atoms with Crippen LogP contribution in [-0.2, 0) is 0 Å². The molecule has 0 heterocycles. The van der Waals surface area contributed by atoms with Gasteiger partial charge in [-0.1, -0.05) is 25.5 Å². The highest BCUT2D eigenvalue weighted by Gasteiger charge is 2.09. The van der Waals surface area contributed by atoms with E-state index in [0.717, 1.165) is 37.9 Å². The number of aliphatic hydroxyl groups is 1. The lowest BCUT2D eigenvalue weighted by Crippen LogP contribution is -2.31. The molecule has 3 N–H and O–H groups in total. The maximum Gasteiger partial charge on any atom is 0.123 e. The van der Waals surface area contributed by atoms with Gasteiger partial charge in [0.2, 0.25) is 0 Å². The summed E-state index contributed by atoms with van der Waals surface area (Å²) in [6, 6.07) is 6.28. The number of hydrogen-bond donors (Lipinski definition) is 2. The summed E-state index contributed by atoms with van der Waals surface area (Å²) in [5.74, 6) is -0.235. The molecule has 0 aliphatic rings. The van der Waals surface area contributed by atoms with Crippen LogP contribution in [0.2, 0.25) is 0 Å². The first-order chi connectivity index (χ1) is 9.17. The fourth-order valence-electron chi connectivity index (χ4n) is 2.06. The summed E-state index contributed by atoms with van der Waals surface area (Å²) in [7, 11) is 0. The van der Waals surface area contributed by atoms with Crippen molar-refractivity contribution in [2.24, 2.45) is 5.73 Å². The summed E-state index contributed by atoms with van der Waals surface area (Å²) in [5.41, 5.74) is 7.07. The number of nitrogens with zero attached hydrogens (tertiary/aromatic N) is 1. The minimum absolute atomic E-state index is 0.0802. The van der Waals surface area contributed by atoms with E-state index in [1.54, 1.807) is 12.1 Å². The van der Waals surface area contributed by atoms with Gasteiger partial charge in [0, 0.05) is 19.1 Å². The van der Waals surface area contributed by atoms with E-state index in [2.05, 4.69) is 11.8 Å². The second-order valence-electron chi connectivity index (χ2n) is 4.87. The molecular weight excluding hydrogens is 243 g/mol. The Bertz CT molecular complexity index is 343. The Balaban J connectivity index is 2.41. The molecule has 0 aromatic heterocycles. The maximum absolute atomic E-state index is 12.8. The smallest absolute Gasteiger partial charge is 0.123 e. The molecule has 0 fully saturated rings. The fraction of sp³-hybridized carbons (Fsp3) is 0.600. The normalized spacial score (nSPS) is 12.9. The lowest BCUT2D eigenvalue weighted by Gasteiger charge is -2.23. The van der Waals surface area contributed by atoms with Crippen LogP contribution < -0.4 is 5.73 Å². The zero-order valence-corrected chi connectivity index (χ0v) is 11.7. The first-order valence-electron chi connectivity index (χ1n) is 7.01. The van der Waals surface area contributed by atoms with E-state index in [0.29, 0.717) is 6.54 Å². The summed E-state index contributed by atoms with van der Waals surface area (Å²) >= 11 is 0. The quantitative estimate of drug-likeness (QED) is 0.722. The molecule has 1 unspecified atom stereocenters. The largest absolute Gasteiger partial charge is 0.395 e. The van der Waals surface area contributed by atoms with Crippen LogP contribution in [-0.4, -0.2) is 36.2 Å². The van der Waals surface area contributed by atoms with Gasteiger partial charge in [0.1, 0.15) is 5.82 Å². The van der Waals surface area contributed by atoms with Crippen LogP contribution in [0.3, 0.4) is 0 Å². The molecule has 0 bridgehead atoms. The Morgan fingerprint density at radius 2 is 1.89 bits per heavy atom. The molecule has 0 aliphatic heterocycles. The number of nitrogens with two attached hydrogens (primary N) is 1. The second-order valence-corrected chi connectivity index (χ2v) is 4.87. The van der Waals surface area contributed by atoms with Gasteiger partial charge < -0.3 is 15.7 Å². The van der Waals surface area contributed by atoms with Crippen molar-refractivity contribution in [3.8, 4) is 0 Å². The SMILES string of the molecule is CCCCN(CCO)CCC(N)c1ccc(F)cc1. The van der Waals surface area contributed by atoms with Gasteiger partial charge in [-0.2, -0.15) is 0 Å². The van der Waals surface area contributed by atoms with E-state index < -0.39 is 0 Å². The molecule has 1 atom stereocenters. The molecule has 108 valence electrons. The molecule has 0 radical (unpaired) electrons. The van der Waals surface area contributed by atoms with Gasteiger partial charge in [0.25, 0.3) is 0 Å². The van der Waals surface area contributed by atoms with Gasteiger partial charge in [0.05, 0.1) is 6.61 Å². The Morgan fingerprint density at radius 3 is 2.47 bits per heavy atom. The summed E-state index contributed by atoms with van der Waals surface area (Å²) in [4.78, 5) is 2.23. The highest BCUT2D eigenvalue weighted by molar-refractivity contribution is 5.19. The minimum Gasteiger partial charge on any atom is -0.395 e. The van der Waals surface area contributed by atoms with Crippen LogP contribution in [0.1, 0.15) is 37.8 Å². The Morgan fingerprint density at radius 1 is 1.21 bits per heavy atom. The average molecular weight is 268 g/mol. The highest BCUT2D eigenvalue weighted by atomic mass is 19.1. The molecule has 0 amide bonds. The molecule has 0 spiro atoms. The molecule has 3 nitrogen and oxygen atoms in total. The van der Waals surface area contributed by atoms with Crippen molar-refractivity contribution in [3.05, 3.63) is 35.6 Å². The van der Waals surface area contributed by atoms with Crippen LogP contribution in [0, 0.1) is 5.82 Å². The van der Waals surface area contributed by atoms with Crippen LogP contribution in [0.4, 0.5) is 4.39 Å². The number of hydrogen-bond acceptors (Lipinski definition) is 3. The molecule has 1 aromatic carbocycles. The Hall–Kier alpha value is -0.970. The van der Waals surface area contributed by atoms with Gasteiger partial charge in [-0.15, -0.1) is 0 Å². The lowest BCUT2D eigenvalue weighted by molar-refractivity contribution is 0.189. The van der Waals surface area contributed by atoms with Crippen molar-refractivity contribution >= 4 is 0 Å². The van der Waals surface area contributed by atoms with E-state index in [1.807, 2.05) is 0 Å². The van der Waals surface area contributed by atoms with Crippen molar-refractivity contribution in [2.45, 2.75) is 32.2 Å². The predicted octanol–water partition coefficient (Wildman–Crippen LogP) is 2.31. The zero-order valence-electron chi connectivity index (χ0n) is 11.7. The molecule has 4 heteroatoms. The molecular formula is C15H25FN2O. The standard InChI is InChI=1S/C15H25FN2O/c1-2-3-9-18(11-12-19)10-8-15(17)13-4-6-14(16)7-5-13/h4-7,15,19H,2-3,8-12,17H2,1H3. The van der Waals surface area contributed by atoms with Gasteiger partial charge in [0.15, 0.2) is 0 Å². The topological polar surface area (TPSA) is 49.5 Å². The third-order valence-electron chi connectivity index (χ3n) is 3.30. The maximum atomic E-state index is 12.8. The predicted molar refractivity (Wildman–Crippen MR) is 76.4 cm³/mol. The summed E-state index contributed by atoms with van der Waals surface area (Å²) < 4.78 is 12.8. The first kappa shape index (κ1) is 16.1. The Kier molecular flexibility index (Phi) is 7.63. The van der Waals surface area contributed by atoms with Gasteiger partial charge in [-0.25, -0.2) is 4.39 Å². The van der Waals surface area contributed by atoms with Crippen molar-refractivity contribution in [1.82, 2.24) is 4.90 Å². The second kappa shape index (κ2) is 9.02. The lowest BCUT2D eigenvalue weighted by atomic mass is 10.0. The van der Waals surface area contributed by atoms with E-state index in [4.69, 9.17) is 10.8 Å². The van der Waals surface area contributed by atoms with Crippen LogP contribution >= 0.6 is 0 Å². The van der Waals surface area contributed by atoms with E-state index in [-0.39, 0.29) is 18.5 Å². The third kappa shape index (κ3) is 6.14. The monoisotopic (exact) mass is 268 g/mol. The van der Waals surface area contributed by atoms with Crippen molar-refractivity contribution < 1.29 is 9.50 Å². The van der Waals surface area contributed by atoms with Gasteiger partial charge in [-0.05, 0) is 37.1 Å². The number of benzene rings is 1. The van der Waals surface area contributed by atoms with Crippen LogP contribution in [0.25, 0.3) is 0 Å². The third-order valence-corrected chi connectivity index (χ3v) is 3.30. The molecule has 19 heavy (non-hydrogen) atoms. The van der Waals surface area contributed by atoms with Gasteiger partial charge >= 0.3 is 0 Å². The highest BCUT2D eigenvalue weighted by Crippen LogP contribution is 2.15. The number of rotatable bonds is 9.